The van der Waals surface area contributed by atoms with E-state index in [9.17, 15) is 0 Å². The van der Waals surface area contributed by atoms with Crippen molar-refractivity contribution in [3.8, 4) is 39.9 Å². The standard InChI is InChI=1S/C49H28N4O2.C3H8/c1-2-13-30(14-3-1)47-50-48(31-24-26-34-33-16-6-8-21-40(33)55-43(34)28-31)52-49(51-47)53-39-27-25-29-12-4-5-15-32(29)44(39)38-20-10-19-36(46(38)53)35-18-11-23-42-45(35)37-17-7-9-22-41(37)54-42;1-3-2/h1-28H;3H2,1-2H3. The Kier molecular flexibility index (Phi) is 7.89. The van der Waals surface area contributed by atoms with Crippen molar-refractivity contribution in [2.75, 3.05) is 0 Å². The highest BCUT2D eigenvalue weighted by Gasteiger charge is 2.23. The summed E-state index contributed by atoms with van der Waals surface area (Å²) in [6.45, 7) is 4.25. The van der Waals surface area contributed by atoms with Gasteiger partial charge in [-0.25, -0.2) is 4.98 Å². The lowest BCUT2D eigenvalue weighted by Gasteiger charge is -2.13. The van der Waals surface area contributed by atoms with E-state index in [0.29, 0.717) is 17.6 Å². The van der Waals surface area contributed by atoms with Gasteiger partial charge in [-0.3, -0.25) is 4.57 Å². The summed E-state index contributed by atoms with van der Waals surface area (Å²) in [5.41, 5.74) is 9.24. The molecule has 6 heteroatoms. The van der Waals surface area contributed by atoms with E-state index >= 15 is 0 Å². The number of hydrogen-bond donors (Lipinski definition) is 0. The van der Waals surface area contributed by atoms with Crippen LogP contribution in [0.3, 0.4) is 0 Å². The highest BCUT2D eigenvalue weighted by atomic mass is 16.3. The minimum absolute atomic E-state index is 0.528. The Morgan fingerprint density at radius 1 is 0.431 bits per heavy atom. The lowest BCUT2D eigenvalue weighted by Crippen LogP contribution is -2.07. The zero-order valence-electron chi connectivity index (χ0n) is 32.0. The molecule has 0 bridgehead atoms. The van der Waals surface area contributed by atoms with Gasteiger partial charge >= 0.3 is 0 Å². The monoisotopic (exact) mass is 748 g/mol. The predicted octanol–water partition coefficient (Wildman–Crippen LogP) is 14.3. The molecule has 0 spiro atoms. The SMILES string of the molecule is CCC.c1ccc(-c2nc(-c3ccc4c(c3)oc3ccccc34)nc(-n3c4ccc5ccccc5c4c4cccc(-c5cccc6oc7ccccc7c56)c43)n2)cc1. The van der Waals surface area contributed by atoms with E-state index < -0.39 is 0 Å². The van der Waals surface area contributed by atoms with Crippen LogP contribution in [-0.2, 0) is 0 Å². The number of rotatable bonds is 4. The number of nitrogens with zero attached hydrogens (tertiary/aromatic N) is 4. The number of benzene rings is 8. The van der Waals surface area contributed by atoms with E-state index in [1.54, 1.807) is 0 Å². The van der Waals surface area contributed by atoms with E-state index in [2.05, 4.69) is 115 Å². The molecule has 4 heterocycles. The van der Waals surface area contributed by atoms with Gasteiger partial charge in [0.25, 0.3) is 0 Å². The van der Waals surface area contributed by atoms with Gasteiger partial charge in [0.2, 0.25) is 5.95 Å². The van der Waals surface area contributed by atoms with Crippen molar-refractivity contribution in [1.82, 2.24) is 19.5 Å². The van der Waals surface area contributed by atoms with Crippen LogP contribution in [0.5, 0.6) is 0 Å². The largest absolute Gasteiger partial charge is 0.456 e. The van der Waals surface area contributed by atoms with Gasteiger partial charge in [-0.1, -0.05) is 154 Å². The second-order valence-electron chi connectivity index (χ2n) is 14.7. The maximum atomic E-state index is 6.39. The van der Waals surface area contributed by atoms with Gasteiger partial charge in [-0.2, -0.15) is 9.97 Å². The lowest BCUT2D eigenvalue weighted by atomic mass is 9.96. The maximum Gasteiger partial charge on any atom is 0.238 e. The third kappa shape index (κ3) is 5.30. The van der Waals surface area contributed by atoms with Crippen molar-refractivity contribution in [3.63, 3.8) is 0 Å². The van der Waals surface area contributed by atoms with Crippen LogP contribution < -0.4 is 0 Å². The molecule has 58 heavy (non-hydrogen) atoms. The first-order chi connectivity index (χ1) is 28.7. The molecule has 276 valence electrons. The van der Waals surface area contributed by atoms with Gasteiger partial charge < -0.3 is 8.83 Å². The normalized spacial score (nSPS) is 11.7. The fraction of sp³-hybridized carbons (Fsp3) is 0.0577. The van der Waals surface area contributed by atoms with E-state index in [-0.39, 0.29) is 0 Å². The van der Waals surface area contributed by atoms with Crippen LogP contribution in [0.4, 0.5) is 0 Å². The Morgan fingerprint density at radius 3 is 1.86 bits per heavy atom. The number of hydrogen-bond acceptors (Lipinski definition) is 5. The smallest absolute Gasteiger partial charge is 0.238 e. The molecule has 6 nitrogen and oxygen atoms in total. The summed E-state index contributed by atoms with van der Waals surface area (Å²) in [4.78, 5) is 15.7. The van der Waals surface area contributed by atoms with Crippen molar-refractivity contribution >= 4 is 76.5 Å². The molecule has 0 atom stereocenters. The molecule has 0 aliphatic rings. The molecule has 8 aromatic carbocycles. The fourth-order valence-electron chi connectivity index (χ4n) is 8.44. The van der Waals surface area contributed by atoms with Gasteiger partial charge in [0.1, 0.15) is 22.3 Å². The Bertz CT molecular complexity index is 3520. The van der Waals surface area contributed by atoms with Crippen molar-refractivity contribution in [1.29, 1.82) is 0 Å². The topological polar surface area (TPSA) is 69.9 Å². The molecule has 0 amide bonds. The molecule has 12 rings (SSSR count). The molecule has 0 fully saturated rings. The predicted molar refractivity (Wildman–Crippen MR) is 239 cm³/mol. The Labute approximate surface area is 333 Å². The third-order valence-corrected chi connectivity index (χ3v) is 10.9. The third-order valence-electron chi connectivity index (χ3n) is 10.9. The number of fused-ring (bicyclic) bond motifs is 11. The second-order valence-corrected chi connectivity index (χ2v) is 14.7. The minimum Gasteiger partial charge on any atom is -0.456 e. The summed E-state index contributed by atoms with van der Waals surface area (Å²) in [5.74, 6) is 1.67. The first kappa shape index (κ1) is 33.7. The molecular formula is C52H36N4O2. The van der Waals surface area contributed by atoms with E-state index in [4.69, 9.17) is 23.8 Å². The Balaban J connectivity index is 0.00000125. The average Bonchev–Trinajstić information content (AvgIpc) is 3.96. The molecule has 12 aromatic rings. The van der Waals surface area contributed by atoms with Crippen LogP contribution in [0.2, 0.25) is 0 Å². The van der Waals surface area contributed by atoms with Crippen molar-refractivity contribution < 1.29 is 8.83 Å². The molecule has 4 aromatic heterocycles. The maximum absolute atomic E-state index is 6.39. The van der Waals surface area contributed by atoms with Gasteiger partial charge in [-0.05, 0) is 52.7 Å². The minimum atomic E-state index is 0.528. The molecule has 0 saturated heterocycles. The average molecular weight is 749 g/mol. The Morgan fingerprint density at radius 2 is 1.03 bits per heavy atom. The summed E-state index contributed by atoms with van der Waals surface area (Å²) in [7, 11) is 0. The first-order valence-electron chi connectivity index (χ1n) is 19.8. The summed E-state index contributed by atoms with van der Waals surface area (Å²) in [6.07, 6.45) is 1.25. The summed E-state index contributed by atoms with van der Waals surface area (Å²) in [6, 6.07) is 58.5. The number of para-hydroxylation sites is 3. The number of aromatic nitrogens is 4. The lowest BCUT2D eigenvalue weighted by molar-refractivity contribution is 0.668. The summed E-state index contributed by atoms with van der Waals surface area (Å²) in [5, 5.41) is 8.88. The summed E-state index contributed by atoms with van der Waals surface area (Å²) < 4.78 is 14.9. The van der Waals surface area contributed by atoms with E-state index in [1.807, 2.05) is 72.8 Å². The van der Waals surface area contributed by atoms with E-state index in [1.165, 1.54) is 17.2 Å². The van der Waals surface area contributed by atoms with E-state index in [0.717, 1.165) is 87.9 Å². The summed E-state index contributed by atoms with van der Waals surface area (Å²) >= 11 is 0. The van der Waals surface area contributed by atoms with Gasteiger partial charge in [-0.15, -0.1) is 0 Å². The highest BCUT2D eigenvalue weighted by Crippen LogP contribution is 2.44. The molecule has 0 N–H and O–H groups in total. The quantitative estimate of drug-likeness (QED) is 0.179. The fourth-order valence-corrected chi connectivity index (χ4v) is 8.44. The molecule has 0 aliphatic carbocycles. The van der Waals surface area contributed by atoms with Crippen molar-refractivity contribution in [2.45, 2.75) is 20.3 Å². The van der Waals surface area contributed by atoms with Crippen LogP contribution >= 0.6 is 0 Å². The highest BCUT2D eigenvalue weighted by molar-refractivity contribution is 6.25. The first-order valence-corrected chi connectivity index (χ1v) is 19.8. The second kappa shape index (κ2) is 13.6. The van der Waals surface area contributed by atoms with Crippen LogP contribution in [0.25, 0.3) is 116 Å². The van der Waals surface area contributed by atoms with Gasteiger partial charge in [0.05, 0.1) is 11.0 Å². The molecule has 0 radical (unpaired) electrons. The van der Waals surface area contributed by atoms with Crippen LogP contribution in [0.15, 0.2) is 179 Å². The zero-order chi connectivity index (χ0) is 38.7. The van der Waals surface area contributed by atoms with Gasteiger partial charge in [0, 0.05) is 49.0 Å². The Hall–Kier alpha value is -7.57. The van der Waals surface area contributed by atoms with Crippen LogP contribution in [-0.4, -0.2) is 19.5 Å². The molecule has 0 aliphatic heterocycles. The zero-order valence-corrected chi connectivity index (χ0v) is 32.0. The van der Waals surface area contributed by atoms with Crippen molar-refractivity contribution in [2.24, 2.45) is 0 Å². The number of furan rings is 2. The molecular weight excluding hydrogens is 713 g/mol. The van der Waals surface area contributed by atoms with Crippen molar-refractivity contribution in [3.05, 3.63) is 170 Å². The van der Waals surface area contributed by atoms with Crippen LogP contribution in [0, 0.1) is 0 Å². The van der Waals surface area contributed by atoms with Gasteiger partial charge in [0.15, 0.2) is 11.6 Å². The molecule has 0 saturated carbocycles. The molecule has 0 unspecified atom stereocenters. The van der Waals surface area contributed by atoms with Crippen LogP contribution in [0.1, 0.15) is 20.3 Å².